The monoisotopic (exact) mass is 340 g/mol. The van der Waals surface area contributed by atoms with Gasteiger partial charge in [0.2, 0.25) is 0 Å². The topological polar surface area (TPSA) is 0 Å². The zero-order valence-electron chi connectivity index (χ0n) is 16.2. The number of hydrogen-bond acceptors (Lipinski definition) is 0. The molecule has 132 valence electrons. The lowest BCUT2D eigenvalue weighted by atomic mass is 9.64. The molecule has 0 saturated carbocycles. The van der Waals surface area contributed by atoms with E-state index in [-0.39, 0.29) is 10.8 Å². The van der Waals surface area contributed by atoms with Gasteiger partial charge in [-0.2, -0.15) is 0 Å². The van der Waals surface area contributed by atoms with E-state index in [1.54, 1.807) is 0 Å². The van der Waals surface area contributed by atoms with E-state index in [0.29, 0.717) is 0 Å². The molecule has 0 fully saturated rings. The first-order valence-corrected chi connectivity index (χ1v) is 9.31. The summed E-state index contributed by atoms with van der Waals surface area (Å²) in [5, 5.41) is 0. The average molecular weight is 341 g/mol. The molecule has 3 rings (SSSR count). The Morgan fingerprint density at radius 3 is 1.27 bits per heavy atom. The van der Waals surface area contributed by atoms with Crippen LogP contribution in [0.5, 0.6) is 0 Å². The van der Waals surface area contributed by atoms with Gasteiger partial charge in [0.25, 0.3) is 0 Å². The highest BCUT2D eigenvalue weighted by Gasteiger charge is 2.37. The molecule has 0 nitrogen and oxygen atoms in total. The lowest BCUT2D eigenvalue weighted by Crippen LogP contribution is -2.33. The van der Waals surface area contributed by atoms with E-state index in [1.165, 1.54) is 22.3 Å². The van der Waals surface area contributed by atoms with E-state index in [2.05, 4.69) is 125 Å². The average Bonchev–Trinajstić information content (AvgIpc) is 2.68. The standard InChI is InChI=1S/C26H28/c1-25(2,22-16-10-6-11-17-22)24(20-21-14-8-5-9-15-21)26(3,4)23-18-12-7-13-19-23/h5-20H,1-4H3. The van der Waals surface area contributed by atoms with E-state index in [0.717, 1.165) is 0 Å². The molecule has 26 heavy (non-hydrogen) atoms. The van der Waals surface area contributed by atoms with E-state index in [1.807, 2.05) is 0 Å². The van der Waals surface area contributed by atoms with Gasteiger partial charge >= 0.3 is 0 Å². The summed E-state index contributed by atoms with van der Waals surface area (Å²) in [6.07, 6.45) is 2.38. The summed E-state index contributed by atoms with van der Waals surface area (Å²) >= 11 is 0. The second-order valence-corrected chi connectivity index (χ2v) is 7.95. The highest BCUT2D eigenvalue weighted by molar-refractivity contribution is 5.61. The van der Waals surface area contributed by atoms with Gasteiger partial charge in [-0.1, -0.05) is 125 Å². The van der Waals surface area contributed by atoms with Crippen LogP contribution in [0.1, 0.15) is 44.4 Å². The van der Waals surface area contributed by atoms with Crippen molar-refractivity contribution in [3.8, 4) is 0 Å². The van der Waals surface area contributed by atoms with Crippen LogP contribution in [0, 0.1) is 0 Å². The van der Waals surface area contributed by atoms with E-state index < -0.39 is 0 Å². The molecule has 3 aromatic rings. The first kappa shape index (κ1) is 18.2. The Kier molecular flexibility index (Phi) is 5.13. The smallest absolute Gasteiger partial charge is 0.0117 e. The number of rotatable bonds is 5. The Morgan fingerprint density at radius 2 is 0.885 bits per heavy atom. The lowest BCUT2D eigenvalue weighted by Gasteiger charge is -2.40. The second-order valence-electron chi connectivity index (χ2n) is 7.95. The Balaban J connectivity index is 2.19. The first-order chi connectivity index (χ1) is 12.4. The molecule has 3 aromatic carbocycles. The van der Waals surface area contributed by atoms with Crippen molar-refractivity contribution in [2.75, 3.05) is 0 Å². The van der Waals surface area contributed by atoms with Crippen molar-refractivity contribution in [1.82, 2.24) is 0 Å². The quantitative estimate of drug-likeness (QED) is 0.468. The third kappa shape index (κ3) is 3.65. The lowest BCUT2D eigenvalue weighted by molar-refractivity contribution is 0.490. The fourth-order valence-corrected chi connectivity index (χ4v) is 3.88. The molecule has 0 heteroatoms. The van der Waals surface area contributed by atoms with Crippen LogP contribution in [0.4, 0.5) is 0 Å². The molecule has 0 radical (unpaired) electrons. The highest BCUT2D eigenvalue weighted by Crippen LogP contribution is 2.44. The van der Waals surface area contributed by atoms with Gasteiger partial charge in [-0.15, -0.1) is 0 Å². The van der Waals surface area contributed by atoms with Crippen molar-refractivity contribution in [1.29, 1.82) is 0 Å². The fourth-order valence-electron chi connectivity index (χ4n) is 3.88. The Bertz CT molecular complexity index is 800. The molecule has 0 spiro atoms. The Hall–Kier alpha value is -2.60. The molecule has 0 heterocycles. The van der Waals surface area contributed by atoms with E-state index in [4.69, 9.17) is 0 Å². The third-order valence-electron chi connectivity index (χ3n) is 5.45. The van der Waals surface area contributed by atoms with Crippen molar-refractivity contribution >= 4 is 6.08 Å². The number of allylic oxidation sites excluding steroid dienone is 1. The second kappa shape index (κ2) is 7.33. The summed E-state index contributed by atoms with van der Waals surface area (Å²) in [5.41, 5.74) is 5.16. The van der Waals surface area contributed by atoms with Gasteiger partial charge in [0.05, 0.1) is 0 Å². The van der Waals surface area contributed by atoms with E-state index in [9.17, 15) is 0 Å². The van der Waals surface area contributed by atoms with E-state index >= 15 is 0 Å². The van der Waals surface area contributed by atoms with Gasteiger partial charge in [-0.25, -0.2) is 0 Å². The van der Waals surface area contributed by atoms with Crippen molar-refractivity contribution < 1.29 is 0 Å². The summed E-state index contributed by atoms with van der Waals surface area (Å²) in [5.74, 6) is 0. The first-order valence-electron chi connectivity index (χ1n) is 9.31. The van der Waals surface area contributed by atoms with Crippen LogP contribution in [0.25, 0.3) is 6.08 Å². The molecule has 0 N–H and O–H groups in total. The molecular formula is C26H28. The van der Waals surface area contributed by atoms with Gasteiger partial charge < -0.3 is 0 Å². The van der Waals surface area contributed by atoms with Gasteiger partial charge in [0, 0.05) is 10.8 Å². The normalized spacial score (nSPS) is 11.8. The minimum Gasteiger partial charge on any atom is -0.0622 e. The van der Waals surface area contributed by atoms with Crippen LogP contribution in [0.2, 0.25) is 0 Å². The highest BCUT2D eigenvalue weighted by atomic mass is 14.4. The summed E-state index contributed by atoms with van der Waals surface area (Å²) in [6, 6.07) is 32.3. The van der Waals surface area contributed by atoms with Crippen LogP contribution in [0.15, 0.2) is 96.6 Å². The largest absolute Gasteiger partial charge is 0.0622 e. The molecule has 0 aliphatic rings. The minimum absolute atomic E-state index is 0.0869. The predicted octanol–water partition coefficient (Wildman–Crippen LogP) is 7.03. The zero-order chi connectivity index (χ0) is 18.6. The molecule has 0 amide bonds. The summed E-state index contributed by atoms with van der Waals surface area (Å²) in [4.78, 5) is 0. The maximum absolute atomic E-state index is 2.38. The van der Waals surface area contributed by atoms with Crippen molar-refractivity contribution in [3.05, 3.63) is 113 Å². The SMILES string of the molecule is CC(C)(C(=Cc1ccccc1)C(C)(C)c1ccccc1)c1ccccc1. The fraction of sp³-hybridized carbons (Fsp3) is 0.231. The van der Waals surface area contributed by atoms with Gasteiger partial charge in [-0.05, 0) is 22.3 Å². The zero-order valence-corrected chi connectivity index (χ0v) is 16.2. The molecule has 0 bridgehead atoms. The molecule has 0 aliphatic carbocycles. The van der Waals surface area contributed by atoms with Crippen molar-refractivity contribution in [3.63, 3.8) is 0 Å². The van der Waals surface area contributed by atoms with Crippen LogP contribution in [0.3, 0.4) is 0 Å². The molecular weight excluding hydrogens is 312 g/mol. The van der Waals surface area contributed by atoms with Gasteiger partial charge in [-0.3, -0.25) is 0 Å². The van der Waals surface area contributed by atoms with Gasteiger partial charge in [0.1, 0.15) is 0 Å². The van der Waals surface area contributed by atoms with Crippen molar-refractivity contribution in [2.45, 2.75) is 38.5 Å². The molecule has 0 aromatic heterocycles. The number of benzene rings is 3. The summed E-state index contributed by atoms with van der Waals surface area (Å²) in [7, 11) is 0. The Labute approximate surface area is 158 Å². The summed E-state index contributed by atoms with van der Waals surface area (Å²) in [6.45, 7) is 9.34. The van der Waals surface area contributed by atoms with Crippen LogP contribution >= 0.6 is 0 Å². The molecule has 0 aliphatic heterocycles. The molecule has 0 unspecified atom stereocenters. The molecule has 0 atom stereocenters. The maximum Gasteiger partial charge on any atom is 0.0117 e. The Morgan fingerprint density at radius 1 is 0.538 bits per heavy atom. The van der Waals surface area contributed by atoms with Gasteiger partial charge in [0.15, 0.2) is 0 Å². The van der Waals surface area contributed by atoms with Crippen molar-refractivity contribution in [2.24, 2.45) is 0 Å². The number of hydrogen-bond donors (Lipinski definition) is 0. The maximum atomic E-state index is 2.38. The third-order valence-corrected chi connectivity index (χ3v) is 5.45. The van der Waals surface area contributed by atoms with Crippen LogP contribution in [-0.4, -0.2) is 0 Å². The molecule has 0 saturated heterocycles. The van der Waals surface area contributed by atoms with Crippen LogP contribution < -0.4 is 0 Å². The minimum atomic E-state index is -0.0869. The van der Waals surface area contributed by atoms with Crippen LogP contribution in [-0.2, 0) is 10.8 Å². The predicted molar refractivity (Wildman–Crippen MR) is 113 cm³/mol. The summed E-state index contributed by atoms with van der Waals surface area (Å²) < 4.78 is 0.